The molecular weight excluding hydrogens is 360 g/mol. The first-order valence-electron chi connectivity index (χ1n) is 11.4. The predicted molar refractivity (Wildman–Crippen MR) is 118 cm³/mol. The van der Waals surface area contributed by atoms with Crippen LogP contribution in [0.15, 0.2) is 18.2 Å². The lowest BCUT2D eigenvalue weighted by molar-refractivity contribution is 0.125. The van der Waals surface area contributed by atoms with Gasteiger partial charge in [-0.05, 0) is 62.8 Å². The molecule has 3 unspecified atom stereocenters. The van der Waals surface area contributed by atoms with E-state index in [-0.39, 0.29) is 12.1 Å². The summed E-state index contributed by atoms with van der Waals surface area (Å²) in [5.41, 5.74) is 5.92. The third-order valence-corrected chi connectivity index (χ3v) is 7.80. The summed E-state index contributed by atoms with van der Waals surface area (Å²) in [5, 5.41) is 4.76. The highest BCUT2D eigenvalue weighted by Gasteiger charge is 2.41. The van der Waals surface area contributed by atoms with Gasteiger partial charge in [0.15, 0.2) is 0 Å². The minimum Gasteiger partial charge on any atom is -0.358 e. The Kier molecular flexibility index (Phi) is 4.81. The van der Waals surface area contributed by atoms with E-state index in [9.17, 15) is 4.79 Å². The Bertz CT molecular complexity index is 913. The molecular formula is C24H34N4O. The number of likely N-dealkylation sites (tertiary alicyclic amines) is 1. The molecule has 0 bridgehead atoms. The van der Waals surface area contributed by atoms with Gasteiger partial charge >= 0.3 is 6.03 Å². The van der Waals surface area contributed by atoms with Gasteiger partial charge in [-0.2, -0.15) is 0 Å². The van der Waals surface area contributed by atoms with Gasteiger partial charge in [-0.15, -0.1) is 0 Å². The Morgan fingerprint density at radius 3 is 2.86 bits per heavy atom. The maximum Gasteiger partial charge on any atom is 0.317 e. The van der Waals surface area contributed by atoms with Crippen LogP contribution in [0.2, 0.25) is 0 Å². The molecule has 1 aromatic carbocycles. The molecule has 5 nitrogen and oxygen atoms in total. The van der Waals surface area contributed by atoms with Crippen molar-refractivity contribution in [2.24, 2.45) is 0 Å². The summed E-state index contributed by atoms with van der Waals surface area (Å²) in [7, 11) is 4.11. The molecule has 156 valence electrons. The molecule has 5 heteroatoms. The number of nitrogens with one attached hydrogen (secondary N) is 2. The average Bonchev–Trinajstić information content (AvgIpc) is 3.37. The van der Waals surface area contributed by atoms with Crippen LogP contribution in [-0.4, -0.2) is 60.1 Å². The molecule has 2 aromatic rings. The first kappa shape index (κ1) is 19.0. The number of rotatable bonds is 3. The van der Waals surface area contributed by atoms with E-state index in [2.05, 4.69) is 40.4 Å². The number of aromatic amines is 1. The minimum absolute atomic E-state index is 0.0456. The Labute approximate surface area is 173 Å². The number of fused-ring (bicyclic) bond motifs is 2. The van der Waals surface area contributed by atoms with Crippen molar-refractivity contribution >= 4 is 16.9 Å². The van der Waals surface area contributed by atoms with Gasteiger partial charge in [0.05, 0.1) is 0 Å². The second kappa shape index (κ2) is 7.35. The summed E-state index contributed by atoms with van der Waals surface area (Å²) in [6, 6.07) is 7.58. The average molecular weight is 395 g/mol. The molecule has 2 amide bonds. The van der Waals surface area contributed by atoms with E-state index >= 15 is 0 Å². The molecule has 1 saturated heterocycles. The number of hydrogen-bond donors (Lipinski definition) is 2. The second-order valence-corrected chi connectivity index (χ2v) is 9.48. The number of piperidine rings is 1. The van der Waals surface area contributed by atoms with Gasteiger partial charge in [0.1, 0.15) is 0 Å². The number of benzene rings is 1. The smallest absolute Gasteiger partial charge is 0.317 e. The van der Waals surface area contributed by atoms with Crippen LogP contribution in [0.25, 0.3) is 10.9 Å². The SMILES string of the molecule is CCN(C)C(=O)NC1CC2c3cccc4[nH]c(C5CCCC5)c(c34)CC2N(C)C1. The molecule has 1 aliphatic heterocycles. The van der Waals surface area contributed by atoms with Crippen LogP contribution < -0.4 is 5.32 Å². The van der Waals surface area contributed by atoms with Crippen molar-refractivity contribution in [3.05, 3.63) is 35.0 Å². The van der Waals surface area contributed by atoms with E-state index < -0.39 is 0 Å². The Balaban J connectivity index is 1.49. The molecule has 1 saturated carbocycles. The topological polar surface area (TPSA) is 51.4 Å². The summed E-state index contributed by atoms with van der Waals surface area (Å²) in [4.78, 5) is 20.5. The van der Waals surface area contributed by atoms with Crippen LogP contribution in [0.4, 0.5) is 4.79 Å². The highest BCUT2D eigenvalue weighted by molar-refractivity contribution is 5.90. The molecule has 2 N–H and O–H groups in total. The first-order chi connectivity index (χ1) is 14.1. The Morgan fingerprint density at radius 1 is 1.31 bits per heavy atom. The van der Waals surface area contributed by atoms with Gasteiger partial charge in [0.2, 0.25) is 0 Å². The fraction of sp³-hybridized carbons (Fsp3) is 0.625. The predicted octanol–water partition coefficient (Wildman–Crippen LogP) is 4.20. The van der Waals surface area contributed by atoms with Crippen molar-refractivity contribution in [2.45, 2.75) is 69.4 Å². The Hall–Kier alpha value is -2.01. The minimum atomic E-state index is 0.0456. The van der Waals surface area contributed by atoms with Crippen LogP contribution in [-0.2, 0) is 6.42 Å². The summed E-state index contributed by atoms with van der Waals surface area (Å²) in [5.74, 6) is 1.20. The summed E-state index contributed by atoms with van der Waals surface area (Å²) < 4.78 is 0. The van der Waals surface area contributed by atoms with E-state index in [0.717, 1.165) is 25.9 Å². The highest BCUT2D eigenvalue weighted by atomic mass is 16.2. The molecule has 29 heavy (non-hydrogen) atoms. The quantitative estimate of drug-likeness (QED) is 0.820. The zero-order valence-corrected chi connectivity index (χ0v) is 18.0. The van der Waals surface area contributed by atoms with Gasteiger partial charge in [-0.1, -0.05) is 25.0 Å². The Morgan fingerprint density at radius 2 is 2.10 bits per heavy atom. The number of aromatic nitrogens is 1. The number of carbonyl (C=O) groups excluding carboxylic acids is 1. The van der Waals surface area contributed by atoms with Crippen LogP contribution in [0.5, 0.6) is 0 Å². The van der Waals surface area contributed by atoms with E-state index in [1.165, 1.54) is 47.8 Å². The molecule has 3 atom stereocenters. The molecule has 1 aromatic heterocycles. The van der Waals surface area contributed by atoms with Crippen LogP contribution >= 0.6 is 0 Å². The lowest BCUT2D eigenvalue weighted by Crippen LogP contribution is -2.56. The zero-order chi connectivity index (χ0) is 20.1. The van der Waals surface area contributed by atoms with Crippen molar-refractivity contribution < 1.29 is 4.79 Å². The van der Waals surface area contributed by atoms with Crippen LogP contribution in [0.3, 0.4) is 0 Å². The van der Waals surface area contributed by atoms with E-state index in [4.69, 9.17) is 0 Å². The molecule has 0 spiro atoms. The second-order valence-electron chi connectivity index (χ2n) is 9.48. The lowest BCUT2D eigenvalue weighted by atomic mass is 9.73. The van der Waals surface area contributed by atoms with E-state index in [1.807, 2.05) is 14.0 Å². The molecule has 2 heterocycles. The zero-order valence-electron chi connectivity index (χ0n) is 18.0. The molecule has 2 fully saturated rings. The summed E-state index contributed by atoms with van der Waals surface area (Å²) in [6.45, 7) is 3.68. The summed E-state index contributed by atoms with van der Waals surface area (Å²) >= 11 is 0. The number of carbonyl (C=O) groups is 1. The van der Waals surface area contributed by atoms with Gasteiger partial charge < -0.3 is 20.1 Å². The number of nitrogens with zero attached hydrogens (tertiary/aromatic N) is 2. The summed E-state index contributed by atoms with van der Waals surface area (Å²) in [6.07, 6.45) is 7.56. The van der Waals surface area contributed by atoms with E-state index in [0.29, 0.717) is 17.9 Å². The number of hydrogen-bond acceptors (Lipinski definition) is 2. The van der Waals surface area contributed by atoms with E-state index in [1.54, 1.807) is 10.5 Å². The fourth-order valence-electron chi connectivity index (χ4n) is 6.15. The van der Waals surface area contributed by atoms with Crippen molar-refractivity contribution in [3.8, 4) is 0 Å². The number of urea groups is 1. The standard InChI is InChI=1S/C24H34N4O/c1-4-27(2)24(29)25-16-12-18-17-10-7-11-20-22(17)19(13-21(18)28(3)14-16)23(26-20)15-8-5-6-9-15/h7,10-11,15-16,18,21,26H,4-6,8-9,12-14H2,1-3H3,(H,25,29). The maximum absolute atomic E-state index is 12.4. The normalized spacial score (nSPS) is 27.2. The molecule has 5 rings (SSSR count). The number of H-pyrrole nitrogens is 1. The lowest BCUT2D eigenvalue weighted by Gasteiger charge is -2.46. The number of amides is 2. The van der Waals surface area contributed by atoms with Gasteiger partial charge in [-0.25, -0.2) is 4.79 Å². The molecule has 2 aliphatic carbocycles. The molecule has 3 aliphatic rings. The van der Waals surface area contributed by atoms with Crippen molar-refractivity contribution in [1.29, 1.82) is 0 Å². The van der Waals surface area contributed by atoms with Crippen molar-refractivity contribution in [3.63, 3.8) is 0 Å². The molecule has 0 radical (unpaired) electrons. The van der Waals surface area contributed by atoms with Gasteiger partial charge in [0.25, 0.3) is 0 Å². The monoisotopic (exact) mass is 394 g/mol. The number of likely N-dealkylation sites (N-methyl/N-ethyl adjacent to an activating group) is 1. The van der Waals surface area contributed by atoms with Crippen LogP contribution in [0.1, 0.15) is 67.7 Å². The van der Waals surface area contributed by atoms with Crippen molar-refractivity contribution in [2.75, 3.05) is 27.2 Å². The van der Waals surface area contributed by atoms with Crippen molar-refractivity contribution in [1.82, 2.24) is 20.1 Å². The largest absolute Gasteiger partial charge is 0.358 e. The first-order valence-corrected chi connectivity index (χ1v) is 11.4. The third-order valence-electron chi connectivity index (χ3n) is 7.80. The van der Waals surface area contributed by atoms with Gasteiger partial charge in [-0.3, -0.25) is 0 Å². The van der Waals surface area contributed by atoms with Gasteiger partial charge in [0, 0.05) is 54.7 Å². The van der Waals surface area contributed by atoms with Crippen LogP contribution in [0, 0.1) is 0 Å². The maximum atomic E-state index is 12.4. The fourth-order valence-corrected chi connectivity index (χ4v) is 6.15. The highest BCUT2D eigenvalue weighted by Crippen LogP contribution is 2.47. The third kappa shape index (κ3) is 3.14.